The Morgan fingerprint density at radius 3 is 2.22 bits per heavy atom. The fraction of sp³-hybridized carbons (Fsp3) is 0.348. The molecule has 1 heterocycles. The van der Waals surface area contributed by atoms with E-state index in [4.69, 9.17) is 14.2 Å². The van der Waals surface area contributed by atoms with Crippen LogP contribution in [0.3, 0.4) is 0 Å². The molecular weight excluding hydrogens is 414 g/mol. The molecule has 3 rings (SSSR count). The van der Waals surface area contributed by atoms with E-state index in [2.05, 4.69) is 10.9 Å². The maximum atomic E-state index is 12.1. The number of carbonyl (C=O) groups is 3. The van der Waals surface area contributed by atoms with Crippen molar-refractivity contribution in [2.45, 2.75) is 32.8 Å². The van der Waals surface area contributed by atoms with Crippen LogP contribution in [-0.4, -0.2) is 43.6 Å². The zero-order valence-electron chi connectivity index (χ0n) is 18.1. The lowest BCUT2D eigenvalue weighted by Crippen LogP contribution is -2.48. The molecule has 0 saturated carbocycles. The van der Waals surface area contributed by atoms with Gasteiger partial charge in [0.05, 0.1) is 6.61 Å². The zero-order valence-corrected chi connectivity index (χ0v) is 18.1. The quantitative estimate of drug-likeness (QED) is 0.578. The van der Waals surface area contributed by atoms with Gasteiger partial charge in [-0.2, -0.15) is 0 Å². The third-order valence-electron chi connectivity index (χ3n) is 4.73. The number of amides is 3. The van der Waals surface area contributed by atoms with E-state index in [9.17, 15) is 14.4 Å². The van der Waals surface area contributed by atoms with Crippen LogP contribution in [0, 0.1) is 0 Å². The minimum absolute atomic E-state index is 0.106. The first-order chi connectivity index (χ1) is 15.5. The molecule has 2 N–H and O–H groups in total. The molecule has 1 aliphatic rings. The topological polar surface area (TPSA) is 106 Å². The van der Waals surface area contributed by atoms with Crippen LogP contribution in [0.1, 0.15) is 26.7 Å². The second-order valence-corrected chi connectivity index (χ2v) is 7.13. The average molecular weight is 441 g/mol. The number of nitrogens with zero attached hydrogens (tertiary/aromatic N) is 1. The molecule has 1 saturated heterocycles. The van der Waals surface area contributed by atoms with Gasteiger partial charge in [-0.1, -0.05) is 0 Å². The highest BCUT2D eigenvalue weighted by Crippen LogP contribution is 2.24. The molecule has 0 radical (unpaired) electrons. The Labute approximate surface area is 186 Å². The van der Waals surface area contributed by atoms with Crippen LogP contribution in [0.5, 0.6) is 17.2 Å². The van der Waals surface area contributed by atoms with Crippen LogP contribution >= 0.6 is 0 Å². The van der Waals surface area contributed by atoms with Gasteiger partial charge < -0.3 is 19.1 Å². The summed E-state index contributed by atoms with van der Waals surface area (Å²) in [5.41, 5.74) is 5.40. The Bertz CT molecular complexity index is 930. The van der Waals surface area contributed by atoms with Crippen molar-refractivity contribution < 1.29 is 28.6 Å². The number of anilines is 1. The van der Waals surface area contributed by atoms with Crippen LogP contribution in [0.2, 0.25) is 0 Å². The van der Waals surface area contributed by atoms with Gasteiger partial charge in [0.15, 0.2) is 12.7 Å². The number of hydrazine groups is 1. The van der Waals surface area contributed by atoms with Crippen LogP contribution < -0.4 is 30.0 Å². The Morgan fingerprint density at radius 1 is 0.969 bits per heavy atom. The van der Waals surface area contributed by atoms with E-state index in [1.807, 2.05) is 6.92 Å². The molecule has 3 amide bonds. The summed E-state index contributed by atoms with van der Waals surface area (Å²) in [6.45, 7) is 4.46. The van der Waals surface area contributed by atoms with Crippen LogP contribution in [0.4, 0.5) is 5.69 Å². The van der Waals surface area contributed by atoms with Gasteiger partial charge in [0.25, 0.3) is 11.8 Å². The second kappa shape index (κ2) is 11.0. The first-order valence-electron chi connectivity index (χ1n) is 10.5. The van der Waals surface area contributed by atoms with Gasteiger partial charge in [-0.25, -0.2) is 0 Å². The van der Waals surface area contributed by atoms with Gasteiger partial charge in [-0.15, -0.1) is 0 Å². The molecule has 0 aromatic heterocycles. The summed E-state index contributed by atoms with van der Waals surface area (Å²) in [6, 6.07) is 13.8. The highest BCUT2D eigenvalue weighted by atomic mass is 16.5. The normalized spacial score (nSPS) is 13.9. The highest BCUT2D eigenvalue weighted by molar-refractivity contribution is 5.95. The summed E-state index contributed by atoms with van der Waals surface area (Å²) in [4.78, 5) is 37.6. The molecule has 1 unspecified atom stereocenters. The van der Waals surface area contributed by atoms with E-state index in [1.54, 1.807) is 60.4 Å². The molecule has 170 valence electrons. The number of hydrogen-bond donors (Lipinski definition) is 2. The Morgan fingerprint density at radius 2 is 1.59 bits per heavy atom. The number of rotatable bonds is 9. The van der Waals surface area contributed by atoms with E-state index in [-0.39, 0.29) is 12.5 Å². The van der Waals surface area contributed by atoms with Crippen LogP contribution in [0.25, 0.3) is 0 Å². The third kappa shape index (κ3) is 6.37. The number of benzene rings is 2. The molecular formula is C23H27N3O6. The summed E-state index contributed by atoms with van der Waals surface area (Å²) in [5.74, 6) is 0.772. The predicted octanol–water partition coefficient (Wildman–Crippen LogP) is 2.21. The molecule has 1 atom stereocenters. The van der Waals surface area contributed by atoms with Gasteiger partial charge in [0.2, 0.25) is 5.91 Å². The van der Waals surface area contributed by atoms with E-state index >= 15 is 0 Å². The molecule has 2 aromatic carbocycles. The highest BCUT2D eigenvalue weighted by Gasteiger charge is 2.21. The SMILES string of the molecule is CCOc1ccc(OC(C)C(=O)NNC(=O)COc2ccc(N3CCCC3=O)cc2)cc1. The van der Waals surface area contributed by atoms with Gasteiger partial charge in [-0.3, -0.25) is 25.2 Å². The molecule has 0 bridgehead atoms. The summed E-state index contributed by atoms with van der Waals surface area (Å²) >= 11 is 0. The van der Waals surface area contributed by atoms with Crippen molar-refractivity contribution in [3.8, 4) is 17.2 Å². The molecule has 9 heteroatoms. The first-order valence-corrected chi connectivity index (χ1v) is 10.5. The van der Waals surface area contributed by atoms with Crippen LogP contribution in [-0.2, 0) is 14.4 Å². The summed E-state index contributed by atoms with van der Waals surface area (Å²) in [5, 5.41) is 0. The van der Waals surface area contributed by atoms with E-state index < -0.39 is 17.9 Å². The van der Waals surface area contributed by atoms with Crippen molar-refractivity contribution >= 4 is 23.4 Å². The molecule has 0 aliphatic carbocycles. The van der Waals surface area contributed by atoms with Gasteiger partial charge in [0, 0.05) is 18.7 Å². The molecule has 1 aliphatic heterocycles. The minimum atomic E-state index is -0.824. The standard InChI is InChI=1S/C23H27N3O6/c1-3-30-18-10-12-20(13-11-18)32-16(2)23(29)25-24-21(27)15-31-19-8-6-17(7-9-19)26-14-4-5-22(26)28/h6-13,16H,3-5,14-15H2,1-2H3,(H,24,27)(H,25,29). The Hall–Kier alpha value is -3.75. The summed E-state index contributed by atoms with van der Waals surface area (Å²) < 4.78 is 16.3. The maximum Gasteiger partial charge on any atom is 0.279 e. The van der Waals surface area contributed by atoms with Gasteiger partial charge in [-0.05, 0) is 68.8 Å². The van der Waals surface area contributed by atoms with Gasteiger partial charge in [0.1, 0.15) is 17.2 Å². The largest absolute Gasteiger partial charge is 0.494 e. The number of carbonyl (C=O) groups excluding carboxylic acids is 3. The lowest BCUT2D eigenvalue weighted by Gasteiger charge is -2.16. The van der Waals surface area contributed by atoms with E-state index in [0.717, 1.165) is 12.1 Å². The predicted molar refractivity (Wildman–Crippen MR) is 118 cm³/mol. The first kappa shape index (κ1) is 22.9. The second-order valence-electron chi connectivity index (χ2n) is 7.13. The number of hydrogen-bond acceptors (Lipinski definition) is 6. The smallest absolute Gasteiger partial charge is 0.279 e. The molecule has 0 spiro atoms. The maximum absolute atomic E-state index is 12.1. The molecule has 2 aromatic rings. The fourth-order valence-electron chi connectivity index (χ4n) is 3.10. The molecule has 32 heavy (non-hydrogen) atoms. The Balaban J connectivity index is 1.38. The van der Waals surface area contributed by atoms with Crippen molar-refractivity contribution in [1.82, 2.24) is 10.9 Å². The van der Waals surface area contributed by atoms with E-state index in [1.165, 1.54) is 0 Å². The van der Waals surface area contributed by atoms with Crippen molar-refractivity contribution in [3.63, 3.8) is 0 Å². The number of ether oxygens (including phenoxy) is 3. The van der Waals surface area contributed by atoms with Gasteiger partial charge >= 0.3 is 0 Å². The van der Waals surface area contributed by atoms with Crippen molar-refractivity contribution in [3.05, 3.63) is 48.5 Å². The van der Waals surface area contributed by atoms with E-state index in [0.29, 0.717) is 36.8 Å². The Kier molecular flexibility index (Phi) is 7.91. The van der Waals surface area contributed by atoms with Crippen molar-refractivity contribution in [2.24, 2.45) is 0 Å². The lowest BCUT2D eigenvalue weighted by molar-refractivity contribution is -0.133. The van der Waals surface area contributed by atoms with Crippen molar-refractivity contribution in [1.29, 1.82) is 0 Å². The minimum Gasteiger partial charge on any atom is -0.494 e. The monoisotopic (exact) mass is 441 g/mol. The van der Waals surface area contributed by atoms with Crippen molar-refractivity contribution in [2.75, 3.05) is 24.7 Å². The summed E-state index contributed by atoms with van der Waals surface area (Å²) in [6.07, 6.45) is 0.593. The average Bonchev–Trinajstić information content (AvgIpc) is 3.23. The fourth-order valence-corrected chi connectivity index (χ4v) is 3.10. The van der Waals surface area contributed by atoms with Crippen LogP contribution in [0.15, 0.2) is 48.5 Å². The zero-order chi connectivity index (χ0) is 22.9. The summed E-state index contributed by atoms with van der Waals surface area (Å²) in [7, 11) is 0. The molecule has 1 fully saturated rings. The number of nitrogens with one attached hydrogen (secondary N) is 2. The lowest BCUT2D eigenvalue weighted by atomic mass is 10.3. The molecule has 9 nitrogen and oxygen atoms in total. The third-order valence-corrected chi connectivity index (χ3v) is 4.73.